The number of nitrogens with two attached hydrogens (primary N) is 1. The molecule has 0 bridgehead atoms. The molecule has 160 valence electrons. The van der Waals surface area contributed by atoms with E-state index in [1.54, 1.807) is 0 Å². The molecule has 0 aromatic heterocycles. The molecule has 14 heteroatoms. The first-order valence-corrected chi connectivity index (χ1v) is 8.58. The number of amides is 3. The lowest BCUT2D eigenvalue weighted by Gasteiger charge is -2.25. The third-order valence-corrected chi connectivity index (χ3v) is 3.77. The molecule has 28 heavy (non-hydrogen) atoms. The first-order valence-electron chi connectivity index (χ1n) is 7.95. The molecule has 3 amide bonds. The highest BCUT2D eigenvalue weighted by Gasteiger charge is 2.32. The fourth-order valence-corrected chi connectivity index (χ4v) is 2.12. The minimum atomic E-state index is -1.65. The molecule has 0 heterocycles. The molecule has 0 aliphatic rings. The second-order valence-electron chi connectivity index (χ2n) is 5.76. The molecular weight excluding hydrogens is 400 g/mol. The van der Waals surface area contributed by atoms with Crippen LogP contribution in [0.15, 0.2) is 0 Å². The summed E-state index contributed by atoms with van der Waals surface area (Å²) in [6, 6.07) is -6.00. The van der Waals surface area contributed by atoms with Crippen molar-refractivity contribution in [1.29, 1.82) is 0 Å². The average Bonchev–Trinajstić information content (AvgIpc) is 2.60. The van der Waals surface area contributed by atoms with Crippen molar-refractivity contribution in [1.82, 2.24) is 16.0 Å². The summed E-state index contributed by atoms with van der Waals surface area (Å²) in [7, 11) is 0. The summed E-state index contributed by atoms with van der Waals surface area (Å²) in [6.45, 7) is 0.231. The van der Waals surface area contributed by atoms with Gasteiger partial charge in [0.15, 0.2) is 0 Å². The van der Waals surface area contributed by atoms with Crippen LogP contribution in [-0.2, 0) is 24.0 Å². The lowest BCUT2D eigenvalue weighted by atomic mass is 10.1. The molecule has 0 aliphatic heterocycles. The smallest absolute Gasteiger partial charge is 0.328 e. The van der Waals surface area contributed by atoms with Crippen molar-refractivity contribution in [3.8, 4) is 0 Å². The number of hydrogen-bond donors (Lipinski definition) is 9. The number of carbonyl (C=O) groups is 5. The molecule has 0 aliphatic carbocycles. The molecule has 0 saturated heterocycles. The summed E-state index contributed by atoms with van der Waals surface area (Å²) < 4.78 is 0. The van der Waals surface area contributed by atoms with Crippen LogP contribution in [0.25, 0.3) is 0 Å². The summed E-state index contributed by atoms with van der Waals surface area (Å²) in [6.07, 6.45) is -2.13. The van der Waals surface area contributed by atoms with E-state index in [-0.39, 0.29) is 5.75 Å². The van der Waals surface area contributed by atoms with Crippen molar-refractivity contribution in [3.63, 3.8) is 0 Å². The van der Waals surface area contributed by atoms with Gasteiger partial charge >= 0.3 is 11.9 Å². The van der Waals surface area contributed by atoms with E-state index >= 15 is 0 Å². The van der Waals surface area contributed by atoms with Gasteiger partial charge in [0.25, 0.3) is 0 Å². The Kier molecular flexibility index (Phi) is 11.1. The Labute approximate surface area is 165 Å². The van der Waals surface area contributed by atoms with Crippen LogP contribution in [0.4, 0.5) is 0 Å². The number of carbonyl (C=O) groups excluding carboxylic acids is 3. The van der Waals surface area contributed by atoms with Gasteiger partial charge in [-0.15, -0.1) is 0 Å². The highest BCUT2D eigenvalue weighted by molar-refractivity contribution is 7.80. The monoisotopic (exact) mass is 424 g/mol. The highest BCUT2D eigenvalue weighted by atomic mass is 32.1. The Balaban J connectivity index is 5.09. The first kappa shape index (κ1) is 25.6. The second kappa shape index (κ2) is 12.1. The van der Waals surface area contributed by atoms with Gasteiger partial charge in [-0.2, -0.15) is 12.6 Å². The molecule has 0 spiro atoms. The van der Waals surface area contributed by atoms with E-state index in [0.717, 1.165) is 6.92 Å². The lowest BCUT2D eigenvalue weighted by molar-refractivity contribution is -0.144. The Morgan fingerprint density at radius 2 is 1.50 bits per heavy atom. The van der Waals surface area contributed by atoms with Crippen LogP contribution in [0, 0.1) is 0 Å². The van der Waals surface area contributed by atoms with Crippen LogP contribution in [0.5, 0.6) is 0 Å². The van der Waals surface area contributed by atoms with Gasteiger partial charge in [-0.25, -0.2) is 4.79 Å². The van der Waals surface area contributed by atoms with Crippen molar-refractivity contribution in [2.45, 2.75) is 43.6 Å². The Bertz CT molecular complexity index is 601. The number of rotatable bonds is 12. The summed E-state index contributed by atoms with van der Waals surface area (Å²) >= 11 is 3.88. The van der Waals surface area contributed by atoms with E-state index in [1.807, 2.05) is 5.32 Å². The maximum atomic E-state index is 12.3. The van der Waals surface area contributed by atoms with Crippen LogP contribution in [0.3, 0.4) is 0 Å². The Morgan fingerprint density at radius 3 is 1.89 bits per heavy atom. The van der Waals surface area contributed by atoms with Crippen molar-refractivity contribution in [3.05, 3.63) is 0 Å². The van der Waals surface area contributed by atoms with Crippen LogP contribution in [-0.4, -0.2) is 92.7 Å². The number of aliphatic carboxylic acids is 2. The van der Waals surface area contributed by atoms with Gasteiger partial charge in [-0.05, 0) is 6.92 Å². The number of thiol groups is 1. The first-order chi connectivity index (χ1) is 12.9. The molecule has 5 unspecified atom stereocenters. The van der Waals surface area contributed by atoms with E-state index in [2.05, 4.69) is 23.3 Å². The predicted molar refractivity (Wildman–Crippen MR) is 96.3 cm³/mol. The summed E-state index contributed by atoms with van der Waals surface area (Å²) in [4.78, 5) is 57.6. The van der Waals surface area contributed by atoms with Crippen molar-refractivity contribution in [2.75, 3.05) is 12.4 Å². The minimum Gasteiger partial charge on any atom is -0.481 e. The quantitative estimate of drug-likeness (QED) is 0.137. The van der Waals surface area contributed by atoms with E-state index in [0.29, 0.717) is 0 Å². The van der Waals surface area contributed by atoms with E-state index in [9.17, 15) is 29.1 Å². The average molecular weight is 424 g/mol. The van der Waals surface area contributed by atoms with Crippen LogP contribution >= 0.6 is 12.6 Å². The Hall–Kier alpha value is -2.42. The third kappa shape index (κ3) is 8.51. The molecule has 9 N–H and O–H groups in total. The number of hydrogen-bond acceptors (Lipinski definition) is 9. The zero-order valence-corrected chi connectivity index (χ0v) is 15.8. The second-order valence-corrected chi connectivity index (χ2v) is 6.12. The molecule has 0 rings (SSSR count). The van der Waals surface area contributed by atoms with Gasteiger partial charge in [0.2, 0.25) is 17.7 Å². The minimum absolute atomic E-state index is 0.250. The fraction of sp³-hybridized carbons (Fsp3) is 0.643. The van der Waals surface area contributed by atoms with Gasteiger partial charge in [0, 0.05) is 5.75 Å². The SMILES string of the molecule is CC(O)C(NC(=O)C(CS)NC(=O)C(N)CC(=O)O)C(=O)NC(CO)C(=O)O. The fourth-order valence-electron chi connectivity index (χ4n) is 1.86. The van der Waals surface area contributed by atoms with Crippen LogP contribution in [0.2, 0.25) is 0 Å². The van der Waals surface area contributed by atoms with E-state index < -0.39 is 73.0 Å². The lowest BCUT2D eigenvalue weighted by Crippen LogP contribution is -2.60. The number of aliphatic hydroxyl groups excluding tert-OH is 2. The molecule has 0 fully saturated rings. The van der Waals surface area contributed by atoms with Crippen molar-refractivity contribution in [2.24, 2.45) is 5.73 Å². The number of aliphatic hydroxyl groups is 2. The molecule has 0 aromatic rings. The van der Waals surface area contributed by atoms with Crippen molar-refractivity contribution < 1.29 is 44.4 Å². The summed E-state index contributed by atoms with van der Waals surface area (Å²) in [5.41, 5.74) is 5.38. The molecule has 0 aromatic carbocycles. The van der Waals surface area contributed by atoms with Gasteiger partial charge in [-0.3, -0.25) is 19.2 Å². The van der Waals surface area contributed by atoms with E-state index in [1.165, 1.54) is 0 Å². The normalized spacial score (nSPS) is 16.0. The molecular formula is C14H24N4O9S. The van der Waals surface area contributed by atoms with E-state index in [4.69, 9.17) is 21.1 Å². The number of carboxylic acids is 2. The maximum absolute atomic E-state index is 12.3. The topological polar surface area (TPSA) is 228 Å². The number of nitrogens with one attached hydrogen (secondary N) is 3. The largest absolute Gasteiger partial charge is 0.481 e. The van der Waals surface area contributed by atoms with Gasteiger partial charge in [0.05, 0.1) is 25.2 Å². The zero-order valence-electron chi connectivity index (χ0n) is 14.9. The molecule has 13 nitrogen and oxygen atoms in total. The molecule has 5 atom stereocenters. The molecule has 0 saturated carbocycles. The maximum Gasteiger partial charge on any atom is 0.328 e. The number of carboxylic acid groups (broad SMARTS) is 2. The van der Waals surface area contributed by atoms with Crippen LogP contribution in [0.1, 0.15) is 13.3 Å². The third-order valence-electron chi connectivity index (χ3n) is 3.41. The predicted octanol–water partition coefficient (Wildman–Crippen LogP) is -4.37. The summed E-state index contributed by atoms with van der Waals surface area (Å²) in [5, 5.41) is 42.3. The standard InChI is InChI=1S/C14H24N4O9S/c1-5(20)10(13(25)16-7(3-19)14(26)27)18-12(24)8(4-28)17-11(23)6(15)2-9(21)22/h5-8,10,19-20,28H,2-4,15H2,1H3,(H,16,25)(H,17,23)(H,18,24)(H,21,22)(H,26,27). The van der Waals surface area contributed by atoms with Crippen molar-refractivity contribution >= 4 is 42.3 Å². The zero-order chi connectivity index (χ0) is 22.0. The molecule has 0 radical (unpaired) electrons. The summed E-state index contributed by atoms with van der Waals surface area (Å²) in [5.74, 6) is -6.09. The van der Waals surface area contributed by atoms with Gasteiger partial charge < -0.3 is 42.1 Å². The highest BCUT2D eigenvalue weighted by Crippen LogP contribution is 1.99. The Morgan fingerprint density at radius 1 is 0.964 bits per heavy atom. The van der Waals surface area contributed by atoms with Gasteiger partial charge in [0.1, 0.15) is 18.1 Å². The van der Waals surface area contributed by atoms with Crippen LogP contribution < -0.4 is 21.7 Å². The van der Waals surface area contributed by atoms with Gasteiger partial charge in [-0.1, -0.05) is 0 Å².